The molecule has 1 aliphatic heterocycles. The van der Waals surface area contributed by atoms with Gasteiger partial charge in [-0.2, -0.15) is 0 Å². The summed E-state index contributed by atoms with van der Waals surface area (Å²) in [6, 6.07) is -0.00178. The van der Waals surface area contributed by atoms with E-state index in [0.717, 1.165) is 13.1 Å². The molecular formula is C13H29Cl2N3O. The van der Waals surface area contributed by atoms with E-state index in [0.29, 0.717) is 19.0 Å². The first kappa shape index (κ1) is 21.3. The molecule has 1 heterocycles. The summed E-state index contributed by atoms with van der Waals surface area (Å²) in [7, 11) is 0. The molecule has 1 fully saturated rings. The normalized spacial score (nSPS) is 19.3. The molecule has 0 aromatic rings. The molecule has 0 bridgehead atoms. The summed E-state index contributed by atoms with van der Waals surface area (Å²) in [5.41, 5.74) is 5.54. The van der Waals surface area contributed by atoms with E-state index in [-0.39, 0.29) is 36.8 Å². The monoisotopic (exact) mass is 313 g/mol. The van der Waals surface area contributed by atoms with Crippen LogP contribution >= 0.6 is 24.8 Å². The van der Waals surface area contributed by atoms with Gasteiger partial charge in [0, 0.05) is 6.54 Å². The lowest BCUT2D eigenvalue weighted by molar-refractivity contribution is -0.126. The summed E-state index contributed by atoms with van der Waals surface area (Å²) in [6.45, 7) is 7.48. The molecule has 1 amide bonds. The molecule has 1 aliphatic rings. The average molecular weight is 314 g/mol. The van der Waals surface area contributed by atoms with Gasteiger partial charge in [0.2, 0.25) is 5.91 Å². The first-order chi connectivity index (χ1) is 8.15. The van der Waals surface area contributed by atoms with Crippen molar-refractivity contribution >= 4 is 30.7 Å². The summed E-state index contributed by atoms with van der Waals surface area (Å²) < 4.78 is 0. The average Bonchev–Trinajstić information content (AvgIpc) is 2.63. The quantitative estimate of drug-likeness (QED) is 0.813. The van der Waals surface area contributed by atoms with E-state index in [4.69, 9.17) is 5.73 Å². The highest BCUT2D eigenvalue weighted by molar-refractivity contribution is 5.85. The van der Waals surface area contributed by atoms with E-state index in [1.165, 1.54) is 25.7 Å². The lowest BCUT2D eigenvalue weighted by Gasteiger charge is -2.27. The zero-order valence-electron chi connectivity index (χ0n) is 12.1. The zero-order chi connectivity index (χ0) is 12.7. The van der Waals surface area contributed by atoms with Gasteiger partial charge in [-0.25, -0.2) is 0 Å². The smallest absolute Gasteiger partial charge is 0.237 e. The topological polar surface area (TPSA) is 58.4 Å². The van der Waals surface area contributed by atoms with Crippen molar-refractivity contribution in [3.05, 3.63) is 0 Å². The van der Waals surface area contributed by atoms with Crippen LogP contribution in [0.3, 0.4) is 0 Å². The fraction of sp³-hybridized carbons (Fsp3) is 0.923. The van der Waals surface area contributed by atoms with Crippen LogP contribution in [0, 0.1) is 5.92 Å². The SMILES string of the molecule is CC(CN)CNC(=O)C(C)N1CCCCCC1.Cl.Cl. The van der Waals surface area contributed by atoms with Gasteiger partial charge in [-0.1, -0.05) is 19.8 Å². The van der Waals surface area contributed by atoms with Gasteiger partial charge in [-0.15, -0.1) is 24.8 Å². The lowest BCUT2D eigenvalue weighted by atomic mass is 10.1. The lowest BCUT2D eigenvalue weighted by Crippen LogP contribution is -2.46. The summed E-state index contributed by atoms with van der Waals surface area (Å²) in [5.74, 6) is 0.502. The third-order valence-electron chi connectivity index (χ3n) is 3.59. The third kappa shape index (κ3) is 7.98. The van der Waals surface area contributed by atoms with Crippen LogP contribution in [0.15, 0.2) is 0 Å². The van der Waals surface area contributed by atoms with Crippen molar-refractivity contribution in [2.75, 3.05) is 26.2 Å². The van der Waals surface area contributed by atoms with Gasteiger partial charge in [0.05, 0.1) is 6.04 Å². The molecule has 0 saturated carbocycles. The number of nitrogens with two attached hydrogens (primary N) is 1. The van der Waals surface area contributed by atoms with Crippen molar-refractivity contribution in [2.45, 2.75) is 45.6 Å². The second-order valence-corrected chi connectivity index (χ2v) is 5.21. The molecule has 1 rings (SSSR count). The van der Waals surface area contributed by atoms with Gasteiger partial charge in [-0.05, 0) is 45.3 Å². The predicted octanol–water partition coefficient (Wildman–Crippen LogP) is 1.81. The fourth-order valence-corrected chi connectivity index (χ4v) is 2.15. The molecule has 0 aromatic heterocycles. The van der Waals surface area contributed by atoms with Crippen LogP contribution in [-0.2, 0) is 4.79 Å². The predicted molar refractivity (Wildman–Crippen MR) is 85.2 cm³/mol. The number of halogens is 2. The van der Waals surface area contributed by atoms with Crippen molar-refractivity contribution in [2.24, 2.45) is 11.7 Å². The minimum Gasteiger partial charge on any atom is -0.354 e. The number of nitrogens with one attached hydrogen (secondary N) is 1. The first-order valence-corrected chi connectivity index (χ1v) is 6.87. The molecule has 0 spiro atoms. The molecule has 1 saturated heterocycles. The van der Waals surface area contributed by atoms with Gasteiger partial charge in [0.15, 0.2) is 0 Å². The number of carbonyl (C=O) groups is 1. The standard InChI is InChI=1S/C13H27N3O.2ClH/c1-11(9-14)10-15-13(17)12(2)16-7-5-3-4-6-8-16;;/h11-12H,3-10,14H2,1-2H3,(H,15,17);2*1H. The van der Waals surface area contributed by atoms with Crippen LogP contribution in [0.5, 0.6) is 0 Å². The molecule has 116 valence electrons. The number of rotatable bonds is 5. The van der Waals surface area contributed by atoms with Crippen LogP contribution in [0.2, 0.25) is 0 Å². The van der Waals surface area contributed by atoms with Crippen molar-refractivity contribution in [1.29, 1.82) is 0 Å². The van der Waals surface area contributed by atoms with E-state index in [9.17, 15) is 4.79 Å². The number of hydrogen-bond donors (Lipinski definition) is 2. The van der Waals surface area contributed by atoms with Crippen molar-refractivity contribution in [1.82, 2.24) is 10.2 Å². The molecule has 0 aromatic carbocycles. The second kappa shape index (κ2) is 11.8. The molecular weight excluding hydrogens is 285 g/mol. The molecule has 2 atom stereocenters. The Kier molecular flexibility index (Phi) is 13.2. The van der Waals surface area contributed by atoms with Gasteiger partial charge >= 0.3 is 0 Å². The number of carbonyl (C=O) groups excluding carboxylic acids is 1. The van der Waals surface area contributed by atoms with Gasteiger partial charge in [-0.3, -0.25) is 9.69 Å². The van der Waals surface area contributed by atoms with Crippen molar-refractivity contribution in [3.8, 4) is 0 Å². The third-order valence-corrected chi connectivity index (χ3v) is 3.59. The Morgan fingerprint density at radius 3 is 2.16 bits per heavy atom. The molecule has 19 heavy (non-hydrogen) atoms. The summed E-state index contributed by atoms with van der Waals surface area (Å²) >= 11 is 0. The summed E-state index contributed by atoms with van der Waals surface area (Å²) in [4.78, 5) is 14.3. The van der Waals surface area contributed by atoms with E-state index in [1.54, 1.807) is 0 Å². The highest BCUT2D eigenvalue weighted by atomic mass is 35.5. The fourth-order valence-electron chi connectivity index (χ4n) is 2.15. The largest absolute Gasteiger partial charge is 0.354 e. The Hall–Kier alpha value is -0.0300. The number of nitrogens with zero attached hydrogens (tertiary/aromatic N) is 1. The maximum absolute atomic E-state index is 12.0. The van der Waals surface area contributed by atoms with Gasteiger partial charge in [0.1, 0.15) is 0 Å². The van der Waals surface area contributed by atoms with Crippen LogP contribution in [-0.4, -0.2) is 43.0 Å². The minimum absolute atomic E-state index is 0. The number of likely N-dealkylation sites (tertiary alicyclic amines) is 1. The van der Waals surface area contributed by atoms with Crippen molar-refractivity contribution in [3.63, 3.8) is 0 Å². The molecule has 0 aliphatic carbocycles. The Bertz CT molecular complexity index is 234. The van der Waals surface area contributed by atoms with E-state index in [2.05, 4.69) is 17.1 Å². The molecule has 6 heteroatoms. The highest BCUT2D eigenvalue weighted by Gasteiger charge is 2.21. The second-order valence-electron chi connectivity index (χ2n) is 5.21. The van der Waals surface area contributed by atoms with Crippen LogP contribution in [0.4, 0.5) is 0 Å². The minimum atomic E-state index is -0.00178. The Balaban J connectivity index is 0. The number of amides is 1. The van der Waals surface area contributed by atoms with Gasteiger partial charge in [0.25, 0.3) is 0 Å². The molecule has 3 N–H and O–H groups in total. The van der Waals surface area contributed by atoms with Crippen LogP contribution < -0.4 is 11.1 Å². The van der Waals surface area contributed by atoms with Crippen molar-refractivity contribution < 1.29 is 4.79 Å². The number of hydrogen-bond acceptors (Lipinski definition) is 3. The van der Waals surface area contributed by atoms with E-state index >= 15 is 0 Å². The Morgan fingerprint density at radius 2 is 1.68 bits per heavy atom. The Morgan fingerprint density at radius 1 is 1.16 bits per heavy atom. The van der Waals surface area contributed by atoms with Gasteiger partial charge < -0.3 is 11.1 Å². The van der Waals surface area contributed by atoms with E-state index < -0.39 is 0 Å². The summed E-state index contributed by atoms with van der Waals surface area (Å²) in [6.07, 6.45) is 5.04. The molecule has 2 unspecified atom stereocenters. The van der Waals surface area contributed by atoms with Crippen LogP contribution in [0.25, 0.3) is 0 Å². The van der Waals surface area contributed by atoms with Crippen LogP contribution in [0.1, 0.15) is 39.5 Å². The van der Waals surface area contributed by atoms with E-state index in [1.807, 2.05) is 6.92 Å². The maximum Gasteiger partial charge on any atom is 0.237 e. The maximum atomic E-state index is 12.0. The molecule has 4 nitrogen and oxygen atoms in total. The first-order valence-electron chi connectivity index (χ1n) is 6.87. The Labute approximate surface area is 129 Å². The zero-order valence-corrected chi connectivity index (χ0v) is 13.7. The molecule has 0 radical (unpaired) electrons. The summed E-state index contributed by atoms with van der Waals surface area (Å²) in [5, 5.41) is 2.99. The highest BCUT2D eigenvalue weighted by Crippen LogP contribution is 2.12.